The van der Waals surface area contributed by atoms with Gasteiger partial charge in [-0.2, -0.15) is 0 Å². The molecule has 3 amide bonds. The van der Waals surface area contributed by atoms with Gasteiger partial charge in [-0.3, -0.25) is 4.79 Å². The third kappa shape index (κ3) is 5.54. The summed E-state index contributed by atoms with van der Waals surface area (Å²) in [5.74, 6) is 0.125. The molecule has 0 bridgehead atoms. The van der Waals surface area contributed by atoms with Gasteiger partial charge >= 0.3 is 6.03 Å². The second-order valence-electron chi connectivity index (χ2n) is 9.69. The standard InChI is InChI=1S/C25H37FN4O2/c1-19-8-9-22(26)23(17-19)30-14-6-7-21(18-30)27-25(32)29-15-10-20(11-16-29)24(31)28-12-4-2-3-5-13-28/h8-9,17,20-21H,2-7,10-16,18H2,1H3,(H,27,32). The number of anilines is 1. The smallest absolute Gasteiger partial charge is 0.317 e. The van der Waals surface area contributed by atoms with E-state index in [4.69, 9.17) is 0 Å². The first-order chi connectivity index (χ1) is 15.5. The van der Waals surface area contributed by atoms with Crippen molar-refractivity contribution in [1.29, 1.82) is 0 Å². The van der Waals surface area contributed by atoms with Crippen molar-refractivity contribution in [1.82, 2.24) is 15.1 Å². The molecule has 4 rings (SSSR count). The first kappa shape index (κ1) is 22.9. The summed E-state index contributed by atoms with van der Waals surface area (Å²) in [6, 6.07) is 5.13. The molecule has 1 aromatic carbocycles. The number of rotatable bonds is 3. The van der Waals surface area contributed by atoms with Crippen molar-refractivity contribution >= 4 is 17.6 Å². The average Bonchev–Trinajstić information content (AvgIpc) is 3.10. The molecule has 3 heterocycles. The van der Waals surface area contributed by atoms with Crippen LogP contribution in [0.5, 0.6) is 0 Å². The molecule has 0 spiro atoms. The molecule has 3 aliphatic rings. The number of nitrogens with zero attached hydrogens (tertiary/aromatic N) is 3. The maximum Gasteiger partial charge on any atom is 0.317 e. The molecule has 0 aromatic heterocycles. The Labute approximate surface area is 191 Å². The molecule has 1 N–H and O–H groups in total. The normalized spacial score (nSPS) is 23.1. The first-order valence-corrected chi connectivity index (χ1v) is 12.4. The molecule has 1 aromatic rings. The van der Waals surface area contributed by atoms with Crippen LogP contribution in [-0.2, 0) is 4.79 Å². The van der Waals surface area contributed by atoms with Crippen molar-refractivity contribution < 1.29 is 14.0 Å². The summed E-state index contributed by atoms with van der Waals surface area (Å²) >= 11 is 0. The molecule has 0 saturated carbocycles. The lowest BCUT2D eigenvalue weighted by molar-refractivity contribution is -0.136. The summed E-state index contributed by atoms with van der Waals surface area (Å²) in [6.45, 7) is 6.41. The van der Waals surface area contributed by atoms with Gasteiger partial charge in [0.2, 0.25) is 5.91 Å². The molecule has 0 aliphatic carbocycles. The number of nitrogens with one attached hydrogen (secondary N) is 1. The predicted molar refractivity (Wildman–Crippen MR) is 124 cm³/mol. The third-order valence-corrected chi connectivity index (χ3v) is 7.24. The van der Waals surface area contributed by atoms with Gasteiger partial charge in [0.25, 0.3) is 0 Å². The van der Waals surface area contributed by atoms with Gasteiger partial charge in [0, 0.05) is 51.2 Å². The first-order valence-electron chi connectivity index (χ1n) is 12.4. The average molecular weight is 445 g/mol. The molecule has 3 aliphatic heterocycles. The van der Waals surface area contributed by atoms with E-state index in [9.17, 15) is 14.0 Å². The molecule has 3 fully saturated rings. The van der Waals surface area contributed by atoms with Crippen LogP contribution in [0.3, 0.4) is 0 Å². The van der Waals surface area contributed by atoms with E-state index in [1.165, 1.54) is 18.9 Å². The molecule has 32 heavy (non-hydrogen) atoms. The fourth-order valence-electron chi connectivity index (χ4n) is 5.32. The van der Waals surface area contributed by atoms with Crippen LogP contribution in [0.25, 0.3) is 0 Å². The van der Waals surface area contributed by atoms with Crippen molar-refractivity contribution in [2.75, 3.05) is 44.2 Å². The van der Waals surface area contributed by atoms with Crippen LogP contribution in [-0.4, -0.2) is 67.0 Å². The molecule has 0 radical (unpaired) electrons. The molecular formula is C25H37FN4O2. The number of aryl methyl sites for hydroxylation is 1. The Balaban J connectivity index is 1.26. The monoisotopic (exact) mass is 444 g/mol. The van der Waals surface area contributed by atoms with Crippen molar-refractivity contribution in [3.8, 4) is 0 Å². The number of piperidine rings is 2. The van der Waals surface area contributed by atoms with E-state index in [-0.39, 0.29) is 29.7 Å². The highest BCUT2D eigenvalue weighted by Gasteiger charge is 2.31. The lowest BCUT2D eigenvalue weighted by Crippen LogP contribution is -2.53. The molecule has 3 saturated heterocycles. The van der Waals surface area contributed by atoms with Gasteiger partial charge in [0.05, 0.1) is 5.69 Å². The van der Waals surface area contributed by atoms with Gasteiger partial charge in [-0.1, -0.05) is 18.9 Å². The van der Waals surface area contributed by atoms with Crippen LogP contribution >= 0.6 is 0 Å². The Bertz CT molecular complexity index is 801. The van der Waals surface area contributed by atoms with Gasteiger partial charge in [0.15, 0.2) is 0 Å². The Morgan fingerprint density at radius 2 is 1.62 bits per heavy atom. The van der Waals surface area contributed by atoms with Crippen LogP contribution in [0, 0.1) is 18.7 Å². The van der Waals surface area contributed by atoms with E-state index in [0.717, 1.165) is 63.7 Å². The van der Waals surface area contributed by atoms with E-state index in [1.807, 2.05) is 22.8 Å². The minimum Gasteiger partial charge on any atom is -0.367 e. The number of benzene rings is 1. The van der Waals surface area contributed by atoms with Gasteiger partial charge in [-0.05, 0) is 63.1 Å². The maximum atomic E-state index is 14.3. The van der Waals surface area contributed by atoms with Crippen LogP contribution in [0.1, 0.15) is 56.9 Å². The second kappa shape index (κ2) is 10.5. The number of carbonyl (C=O) groups is 2. The molecular weight excluding hydrogens is 407 g/mol. The topological polar surface area (TPSA) is 55.9 Å². The lowest BCUT2D eigenvalue weighted by atomic mass is 9.95. The van der Waals surface area contributed by atoms with Gasteiger partial charge in [-0.15, -0.1) is 0 Å². The SMILES string of the molecule is Cc1ccc(F)c(N2CCCC(NC(=O)N3CCC(C(=O)N4CCCCCC4)CC3)C2)c1. The number of likely N-dealkylation sites (tertiary alicyclic amines) is 2. The van der Waals surface area contributed by atoms with Crippen molar-refractivity contribution in [3.05, 3.63) is 29.6 Å². The van der Waals surface area contributed by atoms with E-state index in [0.29, 0.717) is 25.3 Å². The largest absolute Gasteiger partial charge is 0.367 e. The molecule has 6 nitrogen and oxygen atoms in total. The minimum atomic E-state index is -0.210. The van der Waals surface area contributed by atoms with Crippen molar-refractivity contribution in [2.24, 2.45) is 5.92 Å². The fraction of sp³-hybridized carbons (Fsp3) is 0.680. The number of amides is 3. The van der Waals surface area contributed by atoms with Crippen molar-refractivity contribution in [3.63, 3.8) is 0 Å². The van der Waals surface area contributed by atoms with Gasteiger partial charge < -0.3 is 20.0 Å². The minimum absolute atomic E-state index is 0.00705. The van der Waals surface area contributed by atoms with E-state index < -0.39 is 0 Å². The summed E-state index contributed by atoms with van der Waals surface area (Å²) in [7, 11) is 0. The summed E-state index contributed by atoms with van der Waals surface area (Å²) < 4.78 is 14.3. The number of halogens is 1. The van der Waals surface area contributed by atoms with E-state index in [2.05, 4.69) is 10.2 Å². The molecule has 176 valence electrons. The summed E-state index contributed by atoms with van der Waals surface area (Å²) in [5, 5.41) is 3.17. The van der Waals surface area contributed by atoms with Gasteiger partial charge in [0.1, 0.15) is 5.82 Å². The number of hydrogen-bond donors (Lipinski definition) is 1. The van der Waals surface area contributed by atoms with E-state index in [1.54, 1.807) is 6.07 Å². The highest BCUT2D eigenvalue weighted by Crippen LogP contribution is 2.25. The second-order valence-corrected chi connectivity index (χ2v) is 9.69. The Morgan fingerprint density at radius 1 is 0.906 bits per heavy atom. The number of hydrogen-bond acceptors (Lipinski definition) is 3. The molecule has 1 atom stereocenters. The third-order valence-electron chi connectivity index (χ3n) is 7.24. The Hall–Kier alpha value is -2.31. The highest BCUT2D eigenvalue weighted by molar-refractivity contribution is 5.80. The van der Waals surface area contributed by atoms with Crippen LogP contribution in [0.2, 0.25) is 0 Å². The Kier molecular flexibility index (Phi) is 7.53. The van der Waals surface area contributed by atoms with Crippen molar-refractivity contribution in [2.45, 2.75) is 64.3 Å². The van der Waals surface area contributed by atoms with Crippen LogP contribution in [0.15, 0.2) is 18.2 Å². The number of carbonyl (C=O) groups excluding carboxylic acids is 2. The zero-order valence-electron chi connectivity index (χ0n) is 19.3. The zero-order valence-corrected chi connectivity index (χ0v) is 19.3. The quantitative estimate of drug-likeness (QED) is 0.769. The van der Waals surface area contributed by atoms with Crippen LogP contribution in [0.4, 0.5) is 14.9 Å². The zero-order chi connectivity index (χ0) is 22.5. The fourth-order valence-corrected chi connectivity index (χ4v) is 5.32. The van der Waals surface area contributed by atoms with Crippen LogP contribution < -0.4 is 10.2 Å². The summed E-state index contributed by atoms with van der Waals surface area (Å²) in [4.78, 5) is 31.7. The Morgan fingerprint density at radius 3 is 2.34 bits per heavy atom. The summed E-state index contributed by atoms with van der Waals surface area (Å²) in [5.41, 5.74) is 1.65. The molecule has 1 unspecified atom stereocenters. The predicted octanol–water partition coefficient (Wildman–Crippen LogP) is 3.93. The molecule has 7 heteroatoms. The van der Waals surface area contributed by atoms with E-state index >= 15 is 0 Å². The maximum absolute atomic E-state index is 14.3. The number of urea groups is 1. The van der Waals surface area contributed by atoms with Gasteiger partial charge in [-0.25, -0.2) is 9.18 Å². The summed E-state index contributed by atoms with van der Waals surface area (Å²) in [6.07, 6.45) is 7.97. The highest BCUT2D eigenvalue weighted by atomic mass is 19.1. The lowest BCUT2D eigenvalue weighted by Gasteiger charge is -2.38.